The molecule has 0 fully saturated rings. The minimum absolute atomic E-state index is 0.0430. The number of amides is 1. The summed E-state index contributed by atoms with van der Waals surface area (Å²) in [6.45, 7) is 2.07. The second kappa shape index (κ2) is 5.11. The molecular weight excluding hydrogens is 184 g/mol. The molecule has 2 N–H and O–H groups in total. The molecule has 1 amide bonds. The Balaban J connectivity index is 2.63. The number of hydrogen-bond acceptors (Lipinski definition) is 5. The summed E-state index contributed by atoms with van der Waals surface area (Å²) < 4.78 is 4.51. The van der Waals surface area contributed by atoms with E-state index in [1.54, 1.807) is 0 Å². The minimum atomic E-state index is -0.919. The fraction of sp³-hybridized carbons (Fsp3) is 0.500. The summed E-state index contributed by atoms with van der Waals surface area (Å²) in [4.78, 5) is 21.9. The first kappa shape index (κ1) is 10.4. The lowest BCUT2D eigenvalue weighted by Gasteiger charge is -2.00. The lowest BCUT2D eigenvalue weighted by Crippen LogP contribution is -2.18. The highest BCUT2D eigenvalue weighted by molar-refractivity contribution is 5.66. The molecule has 0 saturated heterocycles. The van der Waals surface area contributed by atoms with Gasteiger partial charge in [0.2, 0.25) is 0 Å². The second-order valence-corrected chi connectivity index (χ2v) is 2.71. The third-order valence-corrected chi connectivity index (χ3v) is 1.55. The Hall–Kier alpha value is -1.72. The fourth-order valence-corrected chi connectivity index (χ4v) is 0.908. The van der Waals surface area contributed by atoms with Gasteiger partial charge in [0.05, 0.1) is 0 Å². The number of primary amides is 1. The number of aromatic nitrogens is 3. The highest BCUT2D eigenvalue weighted by atomic mass is 16.6. The van der Waals surface area contributed by atoms with Gasteiger partial charge in [0.25, 0.3) is 0 Å². The molecule has 76 valence electrons. The van der Waals surface area contributed by atoms with Crippen molar-refractivity contribution in [3.63, 3.8) is 0 Å². The lowest BCUT2D eigenvalue weighted by molar-refractivity contribution is 0.206. The number of carbonyl (C=O) groups excluding carboxylic acids is 1. The fourth-order valence-electron chi connectivity index (χ4n) is 0.908. The monoisotopic (exact) mass is 196 g/mol. The largest absolute Gasteiger partial charge is 0.412 e. The molecule has 0 saturated carbocycles. The van der Waals surface area contributed by atoms with Crippen molar-refractivity contribution < 1.29 is 9.53 Å². The molecule has 0 aliphatic heterocycles. The maximum Gasteiger partial charge on any atom is 0.412 e. The molecule has 0 aromatic carbocycles. The third kappa shape index (κ3) is 3.34. The van der Waals surface area contributed by atoms with Gasteiger partial charge < -0.3 is 10.5 Å². The van der Waals surface area contributed by atoms with E-state index in [-0.39, 0.29) is 6.01 Å². The molecular formula is C8H12N4O2. The quantitative estimate of drug-likeness (QED) is 0.764. The standard InChI is InChI=1S/C8H12N4O2/c1-2-3-4-6-10-5-11-8(12-6)14-7(9)13/h5H,2-4H2,1H3,(H2,9,13). The number of nitrogens with two attached hydrogens (primary N) is 1. The van der Waals surface area contributed by atoms with Crippen molar-refractivity contribution in [2.75, 3.05) is 0 Å². The summed E-state index contributed by atoms with van der Waals surface area (Å²) in [5, 5.41) is 0. The molecule has 1 aromatic rings. The van der Waals surface area contributed by atoms with E-state index in [0.29, 0.717) is 5.82 Å². The van der Waals surface area contributed by atoms with Crippen LogP contribution in [0.25, 0.3) is 0 Å². The molecule has 0 spiro atoms. The van der Waals surface area contributed by atoms with Crippen molar-refractivity contribution >= 4 is 6.09 Å². The van der Waals surface area contributed by atoms with E-state index in [1.165, 1.54) is 6.33 Å². The molecule has 1 aromatic heterocycles. The van der Waals surface area contributed by atoms with Crippen molar-refractivity contribution in [1.29, 1.82) is 0 Å². The summed E-state index contributed by atoms with van der Waals surface area (Å²) in [7, 11) is 0. The Labute approximate surface area is 81.5 Å². The first-order valence-corrected chi connectivity index (χ1v) is 4.37. The molecule has 0 aliphatic carbocycles. The SMILES string of the molecule is CCCCc1ncnc(OC(N)=O)n1. The van der Waals surface area contributed by atoms with Crippen molar-refractivity contribution in [3.8, 4) is 6.01 Å². The Morgan fingerprint density at radius 3 is 3.00 bits per heavy atom. The summed E-state index contributed by atoms with van der Waals surface area (Å²) >= 11 is 0. The predicted octanol–water partition coefficient (Wildman–Crippen LogP) is 0.672. The van der Waals surface area contributed by atoms with E-state index >= 15 is 0 Å². The molecule has 6 heteroatoms. The predicted molar refractivity (Wildman–Crippen MR) is 48.7 cm³/mol. The van der Waals surface area contributed by atoms with Gasteiger partial charge in [-0.2, -0.15) is 9.97 Å². The molecule has 1 rings (SSSR count). The summed E-state index contributed by atoms with van der Waals surface area (Å²) in [6, 6.07) is -0.0430. The van der Waals surface area contributed by atoms with E-state index in [4.69, 9.17) is 5.73 Å². The van der Waals surface area contributed by atoms with Gasteiger partial charge in [0, 0.05) is 6.42 Å². The first-order chi connectivity index (χ1) is 6.72. The zero-order valence-corrected chi connectivity index (χ0v) is 7.93. The lowest BCUT2D eigenvalue weighted by atomic mass is 10.2. The molecule has 0 aliphatic rings. The maximum atomic E-state index is 10.4. The molecule has 0 bridgehead atoms. The van der Waals surface area contributed by atoms with E-state index in [1.807, 2.05) is 0 Å². The summed E-state index contributed by atoms with van der Waals surface area (Å²) in [6.07, 6.45) is 3.17. The highest BCUT2D eigenvalue weighted by Crippen LogP contribution is 2.03. The van der Waals surface area contributed by atoms with Crippen LogP contribution >= 0.6 is 0 Å². The van der Waals surface area contributed by atoms with Crippen LogP contribution in [0, 0.1) is 0 Å². The van der Waals surface area contributed by atoms with E-state index in [2.05, 4.69) is 26.6 Å². The normalized spacial score (nSPS) is 9.79. The number of rotatable bonds is 4. The zero-order chi connectivity index (χ0) is 10.4. The molecule has 14 heavy (non-hydrogen) atoms. The first-order valence-electron chi connectivity index (χ1n) is 4.37. The maximum absolute atomic E-state index is 10.4. The van der Waals surface area contributed by atoms with Crippen LogP contribution in [-0.2, 0) is 6.42 Å². The van der Waals surface area contributed by atoms with E-state index < -0.39 is 6.09 Å². The highest BCUT2D eigenvalue weighted by Gasteiger charge is 2.03. The third-order valence-electron chi connectivity index (χ3n) is 1.55. The van der Waals surface area contributed by atoms with Crippen molar-refractivity contribution in [2.24, 2.45) is 5.73 Å². The summed E-state index contributed by atoms with van der Waals surface area (Å²) in [5.41, 5.74) is 4.81. The molecule has 0 radical (unpaired) electrons. The number of ether oxygens (including phenoxy) is 1. The van der Waals surface area contributed by atoms with Crippen LogP contribution in [0.2, 0.25) is 0 Å². The van der Waals surface area contributed by atoms with Gasteiger partial charge in [0.1, 0.15) is 12.2 Å². The number of carbonyl (C=O) groups is 1. The van der Waals surface area contributed by atoms with Crippen LogP contribution in [0.1, 0.15) is 25.6 Å². The Kier molecular flexibility index (Phi) is 3.78. The van der Waals surface area contributed by atoms with Gasteiger partial charge in [0.15, 0.2) is 0 Å². The van der Waals surface area contributed by atoms with Gasteiger partial charge in [-0.25, -0.2) is 9.78 Å². The average molecular weight is 196 g/mol. The van der Waals surface area contributed by atoms with E-state index in [0.717, 1.165) is 19.3 Å². The second-order valence-electron chi connectivity index (χ2n) is 2.71. The van der Waals surface area contributed by atoms with Crippen molar-refractivity contribution in [3.05, 3.63) is 12.2 Å². The van der Waals surface area contributed by atoms with Crippen LogP contribution in [0.5, 0.6) is 6.01 Å². The van der Waals surface area contributed by atoms with Crippen molar-refractivity contribution in [1.82, 2.24) is 15.0 Å². The van der Waals surface area contributed by atoms with Crippen LogP contribution < -0.4 is 10.5 Å². The number of aryl methyl sites for hydroxylation is 1. The van der Waals surface area contributed by atoms with Gasteiger partial charge in [-0.05, 0) is 6.42 Å². The van der Waals surface area contributed by atoms with Crippen LogP contribution in [-0.4, -0.2) is 21.0 Å². The number of unbranched alkanes of at least 4 members (excludes halogenated alkanes) is 1. The molecule has 0 unspecified atom stereocenters. The molecule has 6 nitrogen and oxygen atoms in total. The Morgan fingerprint density at radius 1 is 1.57 bits per heavy atom. The molecule has 0 atom stereocenters. The van der Waals surface area contributed by atoms with Crippen LogP contribution in [0.3, 0.4) is 0 Å². The van der Waals surface area contributed by atoms with Crippen molar-refractivity contribution in [2.45, 2.75) is 26.2 Å². The zero-order valence-electron chi connectivity index (χ0n) is 7.93. The average Bonchev–Trinajstić information content (AvgIpc) is 2.14. The van der Waals surface area contributed by atoms with E-state index in [9.17, 15) is 4.79 Å². The number of hydrogen-bond donors (Lipinski definition) is 1. The Bertz CT molecular complexity index is 316. The minimum Gasteiger partial charge on any atom is -0.374 e. The van der Waals surface area contributed by atoms with Gasteiger partial charge in [-0.3, -0.25) is 0 Å². The van der Waals surface area contributed by atoms with Gasteiger partial charge >= 0.3 is 12.1 Å². The topological polar surface area (TPSA) is 91.0 Å². The van der Waals surface area contributed by atoms with Gasteiger partial charge in [-0.15, -0.1) is 0 Å². The molecule has 1 heterocycles. The van der Waals surface area contributed by atoms with Gasteiger partial charge in [-0.1, -0.05) is 13.3 Å². The smallest absolute Gasteiger partial charge is 0.374 e. The van der Waals surface area contributed by atoms with Crippen LogP contribution in [0.15, 0.2) is 6.33 Å². The van der Waals surface area contributed by atoms with Crippen LogP contribution in [0.4, 0.5) is 4.79 Å². The Morgan fingerprint density at radius 2 is 2.36 bits per heavy atom. The summed E-state index contributed by atoms with van der Waals surface area (Å²) in [5.74, 6) is 0.609. The number of nitrogens with zero attached hydrogens (tertiary/aromatic N) is 3.